The van der Waals surface area contributed by atoms with Gasteiger partial charge in [0.2, 0.25) is 0 Å². The standard InChI is InChI=1S/C16H20N2O4S/c1-10-6-2-4-8-12(10)18-14(16(17)20)15(19)11-7-3-5-9-13(11)23(18,21)22/h3,5,7,9-10,12,19H,2,4,6,8H2,1H3,(H2,17,20). The molecule has 1 heterocycles. The van der Waals surface area contributed by atoms with Crippen molar-refractivity contribution in [2.24, 2.45) is 11.7 Å². The number of benzene rings is 1. The third-order valence-corrected chi connectivity index (χ3v) is 6.61. The molecule has 2 aliphatic rings. The number of nitrogens with two attached hydrogens (primary N) is 1. The van der Waals surface area contributed by atoms with E-state index in [1.807, 2.05) is 6.92 Å². The van der Waals surface area contributed by atoms with Gasteiger partial charge < -0.3 is 10.8 Å². The molecule has 2 unspecified atom stereocenters. The molecule has 2 atom stereocenters. The lowest BCUT2D eigenvalue weighted by Gasteiger charge is -2.41. The average molecular weight is 336 g/mol. The van der Waals surface area contributed by atoms with E-state index in [0.29, 0.717) is 6.42 Å². The zero-order valence-electron chi connectivity index (χ0n) is 12.9. The fraction of sp³-hybridized carbons (Fsp3) is 0.438. The summed E-state index contributed by atoms with van der Waals surface area (Å²) in [4.78, 5) is 11.9. The van der Waals surface area contributed by atoms with Crippen LogP contribution in [0.25, 0.3) is 5.76 Å². The first kappa shape index (κ1) is 15.9. The van der Waals surface area contributed by atoms with Gasteiger partial charge in [0.15, 0.2) is 11.5 Å². The Morgan fingerprint density at radius 3 is 2.57 bits per heavy atom. The highest BCUT2D eigenvalue weighted by molar-refractivity contribution is 7.89. The molecule has 124 valence electrons. The van der Waals surface area contributed by atoms with Gasteiger partial charge in [-0.15, -0.1) is 0 Å². The number of sulfonamides is 1. The molecule has 1 fully saturated rings. The quantitative estimate of drug-likeness (QED) is 0.862. The van der Waals surface area contributed by atoms with Crippen LogP contribution in [0.5, 0.6) is 0 Å². The number of carbonyl (C=O) groups is 1. The van der Waals surface area contributed by atoms with Crippen molar-refractivity contribution in [3.8, 4) is 0 Å². The molecule has 0 bridgehead atoms. The summed E-state index contributed by atoms with van der Waals surface area (Å²) in [7, 11) is -3.93. The highest BCUT2D eigenvalue weighted by Crippen LogP contribution is 2.41. The number of aliphatic hydroxyl groups excluding tert-OH is 1. The molecule has 0 spiro atoms. The number of hydrogen-bond donors (Lipinski definition) is 2. The molecule has 6 nitrogen and oxygen atoms in total. The van der Waals surface area contributed by atoms with E-state index in [1.165, 1.54) is 12.1 Å². The zero-order valence-corrected chi connectivity index (χ0v) is 13.7. The number of nitrogens with zero attached hydrogens (tertiary/aromatic N) is 1. The van der Waals surface area contributed by atoms with Gasteiger partial charge in [-0.3, -0.25) is 9.10 Å². The zero-order chi connectivity index (χ0) is 16.8. The van der Waals surface area contributed by atoms with Crippen LogP contribution in [0.15, 0.2) is 34.9 Å². The summed E-state index contributed by atoms with van der Waals surface area (Å²) in [5.74, 6) is -1.20. The summed E-state index contributed by atoms with van der Waals surface area (Å²) >= 11 is 0. The van der Waals surface area contributed by atoms with Gasteiger partial charge in [0.05, 0.1) is 4.90 Å². The maximum absolute atomic E-state index is 13.1. The SMILES string of the molecule is CC1CCCCC1N1C(C(N)=O)=C(O)c2ccccc2S1(=O)=O. The number of rotatable bonds is 2. The van der Waals surface area contributed by atoms with Crippen molar-refractivity contribution in [3.05, 3.63) is 35.5 Å². The third-order valence-electron chi connectivity index (χ3n) is 4.72. The number of aliphatic hydroxyl groups is 1. The lowest BCUT2D eigenvalue weighted by molar-refractivity contribution is -0.115. The van der Waals surface area contributed by atoms with Gasteiger partial charge in [-0.2, -0.15) is 0 Å². The van der Waals surface area contributed by atoms with Crippen molar-refractivity contribution in [1.82, 2.24) is 4.31 Å². The minimum absolute atomic E-state index is 0.0141. The van der Waals surface area contributed by atoms with E-state index in [2.05, 4.69) is 0 Å². The Bertz CT molecular complexity index is 785. The first-order valence-electron chi connectivity index (χ1n) is 7.72. The van der Waals surface area contributed by atoms with Crippen molar-refractivity contribution in [1.29, 1.82) is 0 Å². The van der Waals surface area contributed by atoms with E-state index in [1.54, 1.807) is 12.1 Å². The molecule has 0 aromatic heterocycles. The van der Waals surface area contributed by atoms with E-state index in [-0.39, 0.29) is 33.9 Å². The van der Waals surface area contributed by atoms with Crippen LogP contribution >= 0.6 is 0 Å². The van der Waals surface area contributed by atoms with Gasteiger partial charge in [-0.1, -0.05) is 31.9 Å². The molecule has 1 aromatic rings. The Kier molecular flexibility index (Phi) is 3.83. The Hall–Kier alpha value is -2.02. The largest absolute Gasteiger partial charge is 0.505 e. The molecule has 23 heavy (non-hydrogen) atoms. The number of carbonyl (C=O) groups excluding carboxylic acids is 1. The van der Waals surface area contributed by atoms with Gasteiger partial charge in [0.25, 0.3) is 15.9 Å². The molecule has 1 aliphatic carbocycles. The molecular formula is C16H20N2O4S. The van der Waals surface area contributed by atoms with E-state index in [4.69, 9.17) is 5.73 Å². The minimum Gasteiger partial charge on any atom is -0.505 e. The summed E-state index contributed by atoms with van der Waals surface area (Å²) < 4.78 is 27.2. The fourth-order valence-corrected chi connectivity index (χ4v) is 5.55. The van der Waals surface area contributed by atoms with Crippen LogP contribution in [0.3, 0.4) is 0 Å². The number of primary amides is 1. The smallest absolute Gasteiger partial charge is 0.269 e. The van der Waals surface area contributed by atoms with E-state index in [0.717, 1.165) is 23.6 Å². The molecule has 3 N–H and O–H groups in total. The lowest BCUT2D eigenvalue weighted by atomic mass is 9.85. The number of amides is 1. The minimum atomic E-state index is -3.93. The Morgan fingerprint density at radius 1 is 1.26 bits per heavy atom. The highest BCUT2D eigenvalue weighted by atomic mass is 32.2. The predicted octanol–water partition coefficient (Wildman–Crippen LogP) is 1.98. The van der Waals surface area contributed by atoms with Crippen LogP contribution in [-0.4, -0.2) is 29.8 Å². The molecule has 1 aliphatic heterocycles. The van der Waals surface area contributed by atoms with Crippen LogP contribution in [0.2, 0.25) is 0 Å². The maximum atomic E-state index is 13.1. The number of fused-ring (bicyclic) bond motifs is 1. The Labute approximate surface area is 135 Å². The first-order chi connectivity index (χ1) is 10.9. The van der Waals surface area contributed by atoms with Gasteiger partial charge in [-0.25, -0.2) is 8.42 Å². The fourth-order valence-electron chi connectivity index (χ4n) is 3.56. The molecule has 3 rings (SSSR count). The summed E-state index contributed by atoms with van der Waals surface area (Å²) in [5.41, 5.74) is 5.22. The van der Waals surface area contributed by atoms with Gasteiger partial charge in [0.1, 0.15) is 0 Å². The van der Waals surface area contributed by atoms with Gasteiger partial charge in [-0.05, 0) is 30.9 Å². The molecule has 0 radical (unpaired) electrons. The highest BCUT2D eigenvalue weighted by Gasteiger charge is 2.44. The van der Waals surface area contributed by atoms with E-state index in [9.17, 15) is 18.3 Å². The predicted molar refractivity (Wildman–Crippen MR) is 85.6 cm³/mol. The average Bonchev–Trinajstić information content (AvgIpc) is 2.51. The molecule has 1 aromatic carbocycles. The van der Waals surface area contributed by atoms with Crippen LogP contribution in [0.1, 0.15) is 38.2 Å². The first-order valence-corrected chi connectivity index (χ1v) is 9.16. The van der Waals surface area contributed by atoms with Crippen molar-refractivity contribution >= 4 is 21.7 Å². The van der Waals surface area contributed by atoms with Crippen LogP contribution < -0.4 is 5.73 Å². The monoisotopic (exact) mass is 336 g/mol. The van der Waals surface area contributed by atoms with Crippen LogP contribution in [0.4, 0.5) is 0 Å². The van der Waals surface area contributed by atoms with Crippen molar-refractivity contribution in [3.63, 3.8) is 0 Å². The second kappa shape index (κ2) is 5.56. The summed E-state index contributed by atoms with van der Waals surface area (Å²) in [6.07, 6.45) is 3.44. The van der Waals surface area contributed by atoms with Crippen LogP contribution in [-0.2, 0) is 14.8 Å². The van der Waals surface area contributed by atoms with Gasteiger partial charge in [0, 0.05) is 11.6 Å². The third kappa shape index (κ3) is 2.39. The normalized spacial score (nSPS) is 26.7. The van der Waals surface area contributed by atoms with E-state index < -0.39 is 15.9 Å². The Balaban J connectivity index is 2.25. The molecule has 0 saturated heterocycles. The number of hydrogen-bond acceptors (Lipinski definition) is 4. The summed E-state index contributed by atoms with van der Waals surface area (Å²) in [6, 6.07) is 5.77. The van der Waals surface area contributed by atoms with Crippen molar-refractivity contribution in [2.75, 3.05) is 0 Å². The Morgan fingerprint density at radius 2 is 1.91 bits per heavy atom. The molecule has 7 heteroatoms. The van der Waals surface area contributed by atoms with Gasteiger partial charge >= 0.3 is 0 Å². The molecular weight excluding hydrogens is 316 g/mol. The van der Waals surface area contributed by atoms with Crippen molar-refractivity contribution in [2.45, 2.75) is 43.5 Å². The summed E-state index contributed by atoms with van der Waals surface area (Å²) in [5, 5.41) is 10.5. The van der Waals surface area contributed by atoms with E-state index >= 15 is 0 Å². The molecule has 1 saturated carbocycles. The topological polar surface area (TPSA) is 101 Å². The second-order valence-corrected chi connectivity index (χ2v) is 7.97. The summed E-state index contributed by atoms with van der Waals surface area (Å²) in [6.45, 7) is 1.97. The second-order valence-electron chi connectivity index (χ2n) is 6.19. The lowest BCUT2D eigenvalue weighted by Crippen LogP contribution is -2.49. The van der Waals surface area contributed by atoms with Crippen molar-refractivity contribution < 1.29 is 18.3 Å². The molecule has 1 amide bonds. The maximum Gasteiger partial charge on any atom is 0.269 e. The van der Waals surface area contributed by atoms with Crippen LogP contribution in [0, 0.1) is 5.92 Å².